The third-order valence-electron chi connectivity index (χ3n) is 2.01. The fourth-order valence-corrected chi connectivity index (χ4v) is 1.78. The SMILES string of the molecule is Fc1ccc(-n2nnc(-c3cncs3)n2)cn1. The summed E-state index contributed by atoms with van der Waals surface area (Å²) in [6.45, 7) is 0. The van der Waals surface area contributed by atoms with Gasteiger partial charge in [-0.15, -0.1) is 26.3 Å². The van der Waals surface area contributed by atoms with Gasteiger partial charge < -0.3 is 0 Å². The van der Waals surface area contributed by atoms with Crippen LogP contribution in [0.1, 0.15) is 0 Å². The van der Waals surface area contributed by atoms with Gasteiger partial charge in [-0.25, -0.2) is 4.98 Å². The van der Waals surface area contributed by atoms with Crippen molar-refractivity contribution >= 4 is 11.3 Å². The van der Waals surface area contributed by atoms with Gasteiger partial charge in [-0.2, -0.15) is 4.39 Å². The van der Waals surface area contributed by atoms with Gasteiger partial charge in [0.2, 0.25) is 11.8 Å². The normalized spacial score (nSPS) is 10.6. The Labute approximate surface area is 98.8 Å². The first-order valence-electron chi connectivity index (χ1n) is 4.64. The number of aromatic nitrogens is 6. The second-order valence-corrected chi connectivity index (χ2v) is 3.99. The minimum atomic E-state index is -0.545. The first-order chi connectivity index (χ1) is 8.33. The number of tetrazole rings is 1. The first-order valence-corrected chi connectivity index (χ1v) is 5.52. The Kier molecular flexibility index (Phi) is 2.33. The van der Waals surface area contributed by atoms with Crippen molar-refractivity contribution in [2.45, 2.75) is 0 Å². The van der Waals surface area contributed by atoms with Crippen LogP contribution in [0.15, 0.2) is 30.0 Å². The number of thiazole rings is 1. The monoisotopic (exact) mass is 248 g/mol. The quantitative estimate of drug-likeness (QED) is 0.640. The van der Waals surface area contributed by atoms with Crippen molar-refractivity contribution in [2.75, 3.05) is 0 Å². The van der Waals surface area contributed by atoms with E-state index in [2.05, 4.69) is 25.4 Å². The maximum absolute atomic E-state index is 12.6. The van der Waals surface area contributed by atoms with Crippen LogP contribution in [-0.2, 0) is 0 Å². The van der Waals surface area contributed by atoms with Crippen molar-refractivity contribution in [1.29, 1.82) is 0 Å². The molecule has 0 N–H and O–H groups in total. The maximum Gasteiger partial charge on any atom is 0.216 e. The van der Waals surface area contributed by atoms with Crippen LogP contribution in [0, 0.1) is 5.95 Å². The molecule has 3 aromatic rings. The molecule has 8 heteroatoms. The van der Waals surface area contributed by atoms with Gasteiger partial charge in [0.05, 0.1) is 16.6 Å². The zero-order valence-corrected chi connectivity index (χ0v) is 9.17. The lowest BCUT2D eigenvalue weighted by atomic mass is 10.4. The molecule has 3 rings (SSSR count). The number of pyridine rings is 1. The molecule has 0 aliphatic rings. The summed E-state index contributed by atoms with van der Waals surface area (Å²) in [5.41, 5.74) is 2.24. The standard InChI is InChI=1S/C9H5FN6S/c10-8-2-1-6(3-12-8)16-14-9(13-15-16)7-4-11-5-17-7/h1-5H. The maximum atomic E-state index is 12.6. The number of hydrogen-bond donors (Lipinski definition) is 0. The number of nitrogens with zero attached hydrogens (tertiary/aromatic N) is 6. The zero-order chi connectivity index (χ0) is 11.7. The molecule has 0 saturated carbocycles. The molecule has 0 atom stereocenters. The molecule has 17 heavy (non-hydrogen) atoms. The van der Waals surface area contributed by atoms with Crippen LogP contribution in [0.3, 0.4) is 0 Å². The van der Waals surface area contributed by atoms with Gasteiger partial charge in [0.1, 0.15) is 5.69 Å². The summed E-state index contributed by atoms with van der Waals surface area (Å²) in [7, 11) is 0. The molecule has 3 heterocycles. The van der Waals surface area contributed by atoms with Crippen LogP contribution in [0.4, 0.5) is 4.39 Å². The Morgan fingerprint density at radius 3 is 2.88 bits per heavy atom. The van der Waals surface area contributed by atoms with Gasteiger partial charge in [0.15, 0.2) is 0 Å². The average molecular weight is 248 g/mol. The van der Waals surface area contributed by atoms with Gasteiger partial charge in [-0.1, -0.05) is 0 Å². The van der Waals surface area contributed by atoms with Crippen LogP contribution >= 0.6 is 11.3 Å². The lowest BCUT2D eigenvalue weighted by molar-refractivity contribution is 0.580. The first kappa shape index (κ1) is 9.97. The summed E-state index contributed by atoms with van der Waals surface area (Å²) >= 11 is 1.42. The molecule has 84 valence electrons. The average Bonchev–Trinajstić information content (AvgIpc) is 3.00. The number of halogens is 1. The predicted octanol–water partition coefficient (Wildman–Crippen LogP) is 1.32. The highest BCUT2D eigenvalue weighted by Gasteiger charge is 2.08. The molecule has 6 nitrogen and oxygen atoms in total. The van der Waals surface area contributed by atoms with Crippen LogP contribution in [-0.4, -0.2) is 30.2 Å². The molecule has 0 unspecified atom stereocenters. The third-order valence-corrected chi connectivity index (χ3v) is 2.78. The molecule has 0 aromatic carbocycles. The summed E-state index contributed by atoms with van der Waals surface area (Å²) in [5.74, 6) is -0.0617. The van der Waals surface area contributed by atoms with Crippen LogP contribution < -0.4 is 0 Å². The summed E-state index contributed by atoms with van der Waals surface area (Å²) in [5, 5.41) is 11.9. The van der Waals surface area contributed by atoms with Gasteiger partial charge in [-0.05, 0) is 17.3 Å². The Morgan fingerprint density at radius 2 is 2.18 bits per heavy atom. The minimum Gasteiger partial charge on any atom is -0.252 e. The van der Waals surface area contributed by atoms with Crippen molar-refractivity contribution in [2.24, 2.45) is 0 Å². The van der Waals surface area contributed by atoms with E-state index in [1.807, 2.05) is 0 Å². The van der Waals surface area contributed by atoms with E-state index >= 15 is 0 Å². The Morgan fingerprint density at radius 1 is 1.24 bits per heavy atom. The molecular weight excluding hydrogens is 243 g/mol. The van der Waals surface area contributed by atoms with E-state index in [9.17, 15) is 4.39 Å². The van der Waals surface area contributed by atoms with Gasteiger partial charge in [-0.3, -0.25) is 4.98 Å². The third kappa shape index (κ3) is 1.89. The second-order valence-electron chi connectivity index (χ2n) is 3.11. The summed E-state index contributed by atoms with van der Waals surface area (Å²) in [6, 6.07) is 2.77. The van der Waals surface area contributed by atoms with Crippen molar-refractivity contribution < 1.29 is 4.39 Å². The van der Waals surface area contributed by atoms with Crippen LogP contribution in [0.5, 0.6) is 0 Å². The molecule has 0 amide bonds. The highest BCUT2D eigenvalue weighted by molar-refractivity contribution is 7.13. The van der Waals surface area contributed by atoms with Gasteiger partial charge in [0.25, 0.3) is 0 Å². The lowest BCUT2D eigenvalue weighted by Crippen LogP contribution is -2.00. The lowest BCUT2D eigenvalue weighted by Gasteiger charge is -1.95. The van der Waals surface area contributed by atoms with Crippen LogP contribution in [0.25, 0.3) is 16.4 Å². The van der Waals surface area contributed by atoms with E-state index in [1.165, 1.54) is 34.5 Å². The van der Waals surface area contributed by atoms with E-state index in [1.54, 1.807) is 11.7 Å². The summed E-state index contributed by atoms with van der Waals surface area (Å²) in [4.78, 5) is 9.57. The Balaban J connectivity index is 1.98. The van der Waals surface area contributed by atoms with Crippen molar-refractivity contribution in [3.8, 4) is 16.4 Å². The molecule has 0 spiro atoms. The fraction of sp³-hybridized carbons (Fsp3) is 0. The molecule has 0 saturated heterocycles. The largest absolute Gasteiger partial charge is 0.252 e. The summed E-state index contributed by atoms with van der Waals surface area (Å²) in [6.07, 6.45) is 3.00. The summed E-state index contributed by atoms with van der Waals surface area (Å²) < 4.78 is 12.6. The zero-order valence-electron chi connectivity index (χ0n) is 8.36. The van der Waals surface area contributed by atoms with E-state index < -0.39 is 5.95 Å². The molecule has 0 fully saturated rings. The van der Waals surface area contributed by atoms with E-state index in [0.29, 0.717) is 11.5 Å². The number of hydrogen-bond acceptors (Lipinski definition) is 6. The molecule has 0 aliphatic heterocycles. The van der Waals surface area contributed by atoms with E-state index in [4.69, 9.17) is 0 Å². The minimum absolute atomic E-state index is 0.483. The highest BCUT2D eigenvalue weighted by atomic mass is 32.1. The fourth-order valence-electron chi connectivity index (χ4n) is 1.23. The van der Waals surface area contributed by atoms with Crippen molar-refractivity contribution in [3.05, 3.63) is 36.0 Å². The van der Waals surface area contributed by atoms with E-state index in [-0.39, 0.29) is 0 Å². The number of rotatable bonds is 2. The Hall–Kier alpha value is -2.22. The van der Waals surface area contributed by atoms with Gasteiger partial charge >= 0.3 is 0 Å². The second kappa shape index (κ2) is 3.98. The van der Waals surface area contributed by atoms with Crippen LogP contribution in [0.2, 0.25) is 0 Å². The molecule has 0 radical (unpaired) electrons. The molecule has 3 aromatic heterocycles. The predicted molar refractivity (Wildman–Crippen MR) is 58.0 cm³/mol. The molecule has 0 aliphatic carbocycles. The Bertz CT molecular complexity index is 617. The van der Waals surface area contributed by atoms with Crippen molar-refractivity contribution in [1.82, 2.24) is 30.2 Å². The van der Waals surface area contributed by atoms with E-state index in [0.717, 1.165) is 4.88 Å². The van der Waals surface area contributed by atoms with Crippen molar-refractivity contribution in [3.63, 3.8) is 0 Å². The molecular formula is C9H5FN6S. The highest BCUT2D eigenvalue weighted by Crippen LogP contribution is 2.18. The smallest absolute Gasteiger partial charge is 0.216 e. The topological polar surface area (TPSA) is 69.4 Å². The van der Waals surface area contributed by atoms with Gasteiger partial charge in [0, 0.05) is 6.20 Å². The molecule has 0 bridgehead atoms.